The SMILES string of the molecule is C=C(C)CCCC(C)(C)C(=O)O.O=CO. The lowest BCUT2D eigenvalue weighted by molar-refractivity contribution is -0.147. The van der Waals surface area contributed by atoms with Crippen LogP contribution in [0.2, 0.25) is 0 Å². The summed E-state index contributed by atoms with van der Waals surface area (Å²) in [5.74, 6) is -0.718. The first-order valence-corrected chi connectivity index (χ1v) is 4.73. The lowest BCUT2D eigenvalue weighted by atomic mass is 9.87. The van der Waals surface area contributed by atoms with Crippen LogP contribution in [0.1, 0.15) is 40.0 Å². The fourth-order valence-electron chi connectivity index (χ4n) is 0.939. The smallest absolute Gasteiger partial charge is 0.309 e. The highest BCUT2D eigenvalue weighted by molar-refractivity contribution is 5.73. The van der Waals surface area contributed by atoms with Gasteiger partial charge in [-0.25, -0.2) is 0 Å². The molecule has 4 nitrogen and oxygen atoms in total. The number of hydrogen-bond donors (Lipinski definition) is 2. The van der Waals surface area contributed by atoms with Crippen molar-refractivity contribution in [3.63, 3.8) is 0 Å². The zero-order chi connectivity index (χ0) is 12.5. The van der Waals surface area contributed by atoms with Gasteiger partial charge < -0.3 is 10.2 Å². The van der Waals surface area contributed by atoms with Gasteiger partial charge in [0.15, 0.2) is 0 Å². The van der Waals surface area contributed by atoms with Gasteiger partial charge in [-0.1, -0.05) is 5.57 Å². The molecule has 0 unspecified atom stereocenters. The van der Waals surface area contributed by atoms with Crippen LogP contribution >= 0.6 is 0 Å². The van der Waals surface area contributed by atoms with Gasteiger partial charge in [-0.05, 0) is 40.0 Å². The third-order valence-corrected chi connectivity index (χ3v) is 1.98. The Morgan fingerprint density at radius 2 is 1.87 bits per heavy atom. The van der Waals surface area contributed by atoms with Gasteiger partial charge in [-0.2, -0.15) is 0 Å². The van der Waals surface area contributed by atoms with Crippen molar-refractivity contribution < 1.29 is 19.8 Å². The molecule has 0 heterocycles. The lowest BCUT2D eigenvalue weighted by Crippen LogP contribution is -2.23. The van der Waals surface area contributed by atoms with E-state index in [0.29, 0.717) is 0 Å². The van der Waals surface area contributed by atoms with Crippen molar-refractivity contribution in [2.24, 2.45) is 5.41 Å². The summed E-state index contributed by atoms with van der Waals surface area (Å²) >= 11 is 0. The van der Waals surface area contributed by atoms with Crippen molar-refractivity contribution in [3.05, 3.63) is 12.2 Å². The van der Waals surface area contributed by atoms with Crippen LogP contribution in [0.3, 0.4) is 0 Å². The van der Waals surface area contributed by atoms with E-state index in [1.807, 2.05) is 6.92 Å². The minimum Gasteiger partial charge on any atom is -0.483 e. The Morgan fingerprint density at radius 1 is 1.47 bits per heavy atom. The third kappa shape index (κ3) is 10.6. The molecule has 15 heavy (non-hydrogen) atoms. The molecule has 0 atom stereocenters. The van der Waals surface area contributed by atoms with Crippen LogP contribution in [0.25, 0.3) is 0 Å². The number of hydrogen-bond acceptors (Lipinski definition) is 2. The van der Waals surface area contributed by atoms with E-state index in [9.17, 15) is 4.79 Å². The summed E-state index contributed by atoms with van der Waals surface area (Å²) in [5, 5.41) is 15.7. The molecule has 0 aromatic heterocycles. The predicted octanol–water partition coefficient (Wildman–Crippen LogP) is 2.54. The van der Waals surface area contributed by atoms with Crippen molar-refractivity contribution in [1.29, 1.82) is 0 Å². The highest BCUT2D eigenvalue weighted by atomic mass is 16.4. The zero-order valence-corrected chi connectivity index (χ0v) is 9.62. The summed E-state index contributed by atoms with van der Waals surface area (Å²) in [6.07, 6.45) is 2.56. The van der Waals surface area contributed by atoms with Crippen LogP contribution in [0.15, 0.2) is 12.2 Å². The van der Waals surface area contributed by atoms with Crippen molar-refractivity contribution in [2.75, 3.05) is 0 Å². The Hall–Kier alpha value is -1.32. The number of aliphatic carboxylic acids is 1. The van der Waals surface area contributed by atoms with E-state index in [2.05, 4.69) is 6.58 Å². The van der Waals surface area contributed by atoms with Crippen molar-refractivity contribution in [1.82, 2.24) is 0 Å². The highest BCUT2D eigenvalue weighted by Crippen LogP contribution is 2.24. The summed E-state index contributed by atoms with van der Waals surface area (Å²) in [6, 6.07) is 0. The van der Waals surface area contributed by atoms with E-state index in [0.717, 1.165) is 24.8 Å². The maximum absolute atomic E-state index is 10.7. The molecule has 0 rings (SSSR count). The molecule has 0 aromatic rings. The van der Waals surface area contributed by atoms with Crippen molar-refractivity contribution in [2.45, 2.75) is 40.0 Å². The van der Waals surface area contributed by atoms with E-state index >= 15 is 0 Å². The molecular weight excluding hydrogens is 196 g/mol. The van der Waals surface area contributed by atoms with Gasteiger partial charge in [-0.15, -0.1) is 6.58 Å². The summed E-state index contributed by atoms with van der Waals surface area (Å²) in [6.45, 7) is 9.00. The van der Waals surface area contributed by atoms with Gasteiger partial charge in [0.1, 0.15) is 0 Å². The Balaban J connectivity index is 0. The first kappa shape index (κ1) is 16.1. The first-order chi connectivity index (χ1) is 6.77. The van der Waals surface area contributed by atoms with E-state index in [1.54, 1.807) is 13.8 Å². The van der Waals surface area contributed by atoms with Gasteiger partial charge in [0.2, 0.25) is 0 Å². The third-order valence-electron chi connectivity index (χ3n) is 1.98. The largest absolute Gasteiger partial charge is 0.483 e. The van der Waals surface area contributed by atoms with Gasteiger partial charge >= 0.3 is 5.97 Å². The number of rotatable bonds is 5. The Labute approximate surface area is 90.6 Å². The van der Waals surface area contributed by atoms with Crippen LogP contribution in [0, 0.1) is 5.41 Å². The number of carboxylic acid groups (broad SMARTS) is 2. The molecule has 0 amide bonds. The molecule has 0 saturated carbocycles. The number of carbonyl (C=O) groups is 2. The zero-order valence-electron chi connectivity index (χ0n) is 9.62. The fourth-order valence-corrected chi connectivity index (χ4v) is 0.939. The second-order valence-corrected chi connectivity index (χ2v) is 4.11. The van der Waals surface area contributed by atoms with Crippen LogP contribution in [0.5, 0.6) is 0 Å². The minimum atomic E-state index is -0.718. The highest BCUT2D eigenvalue weighted by Gasteiger charge is 2.25. The second-order valence-electron chi connectivity index (χ2n) is 4.11. The van der Waals surface area contributed by atoms with E-state index in [-0.39, 0.29) is 6.47 Å². The van der Waals surface area contributed by atoms with Crippen LogP contribution < -0.4 is 0 Å². The molecule has 0 aromatic carbocycles. The van der Waals surface area contributed by atoms with Crippen LogP contribution in [-0.4, -0.2) is 22.7 Å². The molecule has 0 spiro atoms. The lowest BCUT2D eigenvalue weighted by Gasteiger charge is -2.18. The Kier molecular flexibility index (Phi) is 8.63. The van der Waals surface area contributed by atoms with Gasteiger partial charge in [0, 0.05) is 0 Å². The molecule has 4 heteroatoms. The van der Waals surface area contributed by atoms with E-state index in [1.165, 1.54) is 0 Å². The normalized spacial score (nSPS) is 9.80. The molecule has 0 bridgehead atoms. The van der Waals surface area contributed by atoms with E-state index < -0.39 is 11.4 Å². The summed E-state index contributed by atoms with van der Waals surface area (Å²) in [5.41, 5.74) is 0.534. The molecule has 0 saturated heterocycles. The topological polar surface area (TPSA) is 74.6 Å². The molecular formula is C11H20O4. The summed E-state index contributed by atoms with van der Waals surface area (Å²) < 4.78 is 0. The standard InChI is InChI=1S/C10H18O2.CH2O2/c1-8(2)6-5-7-10(3,4)9(11)12;2-1-3/h1,5-7H2,2-4H3,(H,11,12);1H,(H,2,3). The Morgan fingerprint density at radius 3 is 2.13 bits per heavy atom. The first-order valence-electron chi connectivity index (χ1n) is 4.73. The van der Waals surface area contributed by atoms with Crippen molar-refractivity contribution >= 4 is 12.4 Å². The quantitative estimate of drug-likeness (QED) is 0.547. The Bertz CT molecular complexity index is 219. The van der Waals surface area contributed by atoms with Gasteiger partial charge in [0.05, 0.1) is 5.41 Å². The van der Waals surface area contributed by atoms with Crippen LogP contribution in [0.4, 0.5) is 0 Å². The number of carboxylic acids is 1. The average molecular weight is 216 g/mol. The van der Waals surface area contributed by atoms with E-state index in [4.69, 9.17) is 15.0 Å². The summed E-state index contributed by atoms with van der Waals surface area (Å²) in [7, 11) is 0. The average Bonchev–Trinajstić information content (AvgIpc) is 2.03. The van der Waals surface area contributed by atoms with Gasteiger partial charge in [0.25, 0.3) is 6.47 Å². The molecule has 0 radical (unpaired) electrons. The maximum Gasteiger partial charge on any atom is 0.309 e. The van der Waals surface area contributed by atoms with Crippen molar-refractivity contribution in [3.8, 4) is 0 Å². The monoisotopic (exact) mass is 216 g/mol. The van der Waals surface area contributed by atoms with Gasteiger partial charge in [-0.3, -0.25) is 9.59 Å². The number of allylic oxidation sites excluding steroid dienone is 1. The second kappa shape index (κ2) is 8.03. The maximum atomic E-state index is 10.7. The minimum absolute atomic E-state index is 0.250. The fraction of sp³-hybridized carbons (Fsp3) is 0.636. The molecule has 0 fully saturated rings. The van der Waals surface area contributed by atoms with Crippen LogP contribution in [-0.2, 0) is 9.59 Å². The molecule has 0 aliphatic rings. The molecule has 0 aliphatic carbocycles. The molecule has 0 aliphatic heterocycles. The molecule has 2 N–H and O–H groups in total. The summed E-state index contributed by atoms with van der Waals surface area (Å²) in [4.78, 5) is 19.0. The molecule has 88 valence electrons. The predicted molar refractivity (Wildman–Crippen MR) is 58.8 cm³/mol.